The Labute approximate surface area is 266 Å². The number of hydrogen-bond donors (Lipinski definition) is 1. The van der Waals surface area contributed by atoms with Gasteiger partial charge in [-0.3, -0.25) is 4.79 Å². The lowest BCUT2D eigenvalue weighted by atomic mass is 9.96. The smallest absolute Gasteiger partial charge is 0.246 e. The van der Waals surface area contributed by atoms with E-state index in [9.17, 15) is 14.3 Å². The van der Waals surface area contributed by atoms with Crippen LogP contribution in [0, 0.1) is 11.6 Å². The number of carbonyl (C=O) groups excluding carboxylic acids is 1. The van der Waals surface area contributed by atoms with E-state index in [2.05, 4.69) is 6.58 Å². The van der Waals surface area contributed by atoms with Crippen molar-refractivity contribution in [1.82, 2.24) is 14.9 Å². The molecular weight excluding hydrogens is 617 g/mol. The molecule has 2 aliphatic rings. The average molecular weight is 646 g/mol. The zero-order valence-electron chi connectivity index (χ0n) is 24.4. The molecule has 0 bridgehead atoms. The molecule has 0 saturated heterocycles. The molecule has 1 aliphatic heterocycles. The summed E-state index contributed by atoms with van der Waals surface area (Å²) in [4.78, 5) is 25.2. The minimum Gasteiger partial charge on any atom is -0.490 e. The molecule has 2 aromatic carbocycles. The first-order chi connectivity index (χ1) is 21.9. The molecule has 5 aromatic rings. The standard InChI is InChI=1S/C34H29F2N3O4S2/c1-3-28(41)39-10-8-24-27(17-39)45-34(37-24)32-30(29-23(36)15-20(35)16-26(29)43-12-11-42-2)33-21(9-13-44-33)31(38-32)19-5-4-18-6-7-25(40)22(18)14-19/h3-5,9,13-16,25,40H,1,6-8,10-12,17H2,2H3/t25-/m0/s1. The summed E-state index contributed by atoms with van der Waals surface area (Å²) >= 11 is 2.83. The van der Waals surface area contributed by atoms with Gasteiger partial charge in [0.25, 0.3) is 0 Å². The van der Waals surface area contributed by atoms with Crippen molar-refractivity contribution in [2.45, 2.75) is 31.9 Å². The number of carbonyl (C=O) groups is 1. The first kappa shape index (κ1) is 29.7. The molecule has 7 rings (SSSR count). The Balaban J connectivity index is 1.48. The van der Waals surface area contributed by atoms with E-state index in [4.69, 9.17) is 19.4 Å². The minimum absolute atomic E-state index is 0.0415. The topological polar surface area (TPSA) is 84.8 Å². The van der Waals surface area contributed by atoms with E-state index in [0.717, 1.165) is 49.8 Å². The van der Waals surface area contributed by atoms with Crippen molar-refractivity contribution in [2.75, 3.05) is 26.9 Å². The molecule has 45 heavy (non-hydrogen) atoms. The molecular formula is C34H29F2N3O4S2. The summed E-state index contributed by atoms with van der Waals surface area (Å²) in [6.45, 7) is 4.85. The monoisotopic (exact) mass is 645 g/mol. The lowest BCUT2D eigenvalue weighted by Gasteiger charge is -2.24. The fraction of sp³-hybridized carbons (Fsp3) is 0.265. The Morgan fingerprint density at radius 2 is 2.00 bits per heavy atom. The highest BCUT2D eigenvalue weighted by atomic mass is 32.1. The van der Waals surface area contributed by atoms with E-state index in [0.29, 0.717) is 47.9 Å². The number of halogens is 2. The van der Waals surface area contributed by atoms with Gasteiger partial charge >= 0.3 is 0 Å². The highest BCUT2D eigenvalue weighted by molar-refractivity contribution is 7.18. The van der Waals surface area contributed by atoms with Gasteiger partial charge in [0.1, 0.15) is 34.7 Å². The Bertz CT molecular complexity index is 1970. The maximum atomic E-state index is 16.0. The van der Waals surface area contributed by atoms with Crippen molar-refractivity contribution in [1.29, 1.82) is 0 Å². The summed E-state index contributed by atoms with van der Waals surface area (Å²) in [5, 5.41) is 13.9. The number of ether oxygens (including phenoxy) is 2. The van der Waals surface area contributed by atoms with E-state index < -0.39 is 17.7 Å². The predicted octanol–water partition coefficient (Wildman–Crippen LogP) is 7.11. The van der Waals surface area contributed by atoms with Crippen LogP contribution in [0.25, 0.3) is 43.2 Å². The van der Waals surface area contributed by atoms with Crippen molar-refractivity contribution in [3.63, 3.8) is 0 Å². The second-order valence-corrected chi connectivity index (χ2v) is 13.0. The normalized spacial score (nSPS) is 15.7. The Morgan fingerprint density at radius 3 is 2.82 bits per heavy atom. The molecule has 1 amide bonds. The predicted molar refractivity (Wildman–Crippen MR) is 171 cm³/mol. The summed E-state index contributed by atoms with van der Waals surface area (Å²) in [6.07, 6.45) is 2.82. The van der Waals surface area contributed by atoms with E-state index in [1.54, 1.807) is 4.90 Å². The molecule has 0 spiro atoms. The number of fused-ring (bicyclic) bond motifs is 3. The second-order valence-electron chi connectivity index (χ2n) is 11.0. The molecule has 11 heteroatoms. The number of hydrogen-bond acceptors (Lipinski definition) is 8. The molecule has 1 atom stereocenters. The van der Waals surface area contributed by atoms with Crippen LogP contribution in [0.4, 0.5) is 8.78 Å². The van der Waals surface area contributed by atoms with Gasteiger partial charge < -0.3 is 19.5 Å². The Kier molecular flexibility index (Phi) is 7.95. The van der Waals surface area contributed by atoms with Gasteiger partial charge in [-0.15, -0.1) is 22.7 Å². The largest absolute Gasteiger partial charge is 0.490 e. The van der Waals surface area contributed by atoms with Crippen molar-refractivity contribution >= 4 is 38.7 Å². The first-order valence-corrected chi connectivity index (χ1v) is 16.3. The third kappa shape index (κ3) is 5.33. The number of rotatable bonds is 8. The Morgan fingerprint density at radius 1 is 1.13 bits per heavy atom. The molecule has 0 saturated carbocycles. The maximum absolute atomic E-state index is 16.0. The Hall–Kier alpha value is -4.03. The zero-order chi connectivity index (χ0) is 31.2. The summed E-state index contributed by atoms with van der Waals surface area (Å²) in [7, 11) is 1.53. The molecule has 230 valence electrons. The van der Waals surface area contributed by atoms with Crippen molar-refractivity contribution in [3.05, 3.63) is 87.8 Å². The van der Waals surface area contributed by atoms with Crippen molar-refractivity contribution < 1.29 is 28.2 Å². The summed E-state index contributed by atoms with van der Waals surface area (Å²) in [5.41, 5.74) is 5.35. The number of pyridine rings is 1. The van der Waals surface area contributed by atoms with Crippen LogP contribution in [-0.2, 0) is 28.9 Å². The number of aromatic nitrogens is 2. The summed E-state index contributed by atoms with van der Waals surface area (Å²) in [6, 6.07) is 9.99. The van der Waals surface area contributed by atoms with Crippen LogP contribution < -0.4 is 4.74 Å². The molecule has 1 aliphatic carbocycles. The second kappa shape index (κ2) is 12.1. The fourth-order valence-corrected chi connectivity index (χ4v) is 8.18. The first-order valence-electron chi connectivity index (χ1n) is 14.6. The van der Waals surface area contributed by atoms with Gasteiger partial charge in [-0.1, -0.05) is 18.7 Å². The van der Waals surface area contributed by atoms with Gasteiger partial charge in [-0.2, -0.15) is 0 Å². The molecule has 1 N–H and O–H groups in total. The van der Waals surface area contributed by atoms with Crippen LogP contribution in [0.15, 0.2) is 54.4 Å². The molecule has 0 fully saturated rings. The van der Waals surface area contributed by atoms with E-state index in [-0.39, 0.29) is 30.4 Å². The summed E-state index contributed by atoms with van der Waals surface area (Å²) < 4.78 is 42.3. The lowest BCUT2D eigenvalue weighted by Crippen LogP contribution is -2.34. The average Bonchev–Trinajstić information content (AvgIpc) is 3.78. The molecule has 0 radical (unpaired) electrons. The number of methoxy groups -OCH3 is 1. The van der Waals surface area contributed by atoms with Gasteiger partial charge in [0.05, 0.1) is 36.2 Å². The van der Waals surface area contributed by atoms with Gasteiger partial charge in [-0.05, 0) is 47.6 Å². The van der Waals surface area contributed by atoms with Gasteiger partial charge in [0, 0.05) is 58.3 Å². The number of aliphatic hydroxyl groups is 1. The van der Waals surface area contributed by atoms with Crippen LogP contribution in [-0.4, -0.2) is 52.7 Å². The van der Waals surface area contributed by atoms with E-state index in [1.165, 1.54) is 41.9 Å². The number of benzene rings is 2. The number of aliphatic hydroxyl groups excluding tert-OH is 1. The quantitative estimate of drug-likeness (QED) is 0.143. The third-order valence-corrected chi connectivity index (χ3v) is 10.3. The highest BCUT2D eigenvalue weighted by Crippen LogP contribution is 2.48. The van der Waals surface area contributed by atoms with E-state index in [1.807, 2.05) is 29.6 Å². The van der Waals surface area contributed by atoms with Crippen LogP contribution in [0.3, 0.4) is 0 Å². The molecule has 7 nitrogen and oxygen atoms in total. The fourth-order valence-electron chi connectivity index (χ4n) is 6.11. The van der Waals surface area contributed by atoms with E-state index >= 15 is 4.39 Å². The van der Waals surface area contributed by atoms with Crippen molar-refractivity contribution in [2.24, 2.45) is 0 Å². The number of aryl methyl sites for hydroxylation is 1. The number of amides is 1. The summed E-state index contributed by atoms with van der Waals surface area (Å²) in [5.74, 6) is -1.65. The van der Waals surface area contributed by atoms with Crippen molar-refractivity contribution in [3.8, 4) is 38.8 Å². The van der Waals surface area contributed by atoms with Crippen LogP contribution in [0.2, 0.25) is 0 Å². The minimum atomic E-state index is -0.780. The van der Waals surface area contributed by atoms with Gasteiger partial charge in [0.15, 0.2) is 0 Å². The number of thiazole rings is 1. The third-order valence-electron chi connectivity index (χ3n) is 8.31. The molecule has 4 heterocycles. The van der Waals surface area contributed by atoms with Crippen LogP contribution in [0.5, 0.6) is 5.75 Å². The number of nitrogens with zero attached hydrogens (tertiary/aromatic N) is 3. The van der Waals surface area contributed by atoms with Crippen LogP contribution in [0.1, 0.15) is 34.2 Å². The lowest BCUT2D eigenvalue weighted by molar-refractivity contribution is -0.126. The maximum Gasteiger partial charge on any atom is 0.246 e. The SMILES string of the molecule is C=CC(=O)N1CCc2nc(-c3nc(-c4ccc5c(c4)[C@@H](O)CC5)c4ccsc4c3-c3c(F)cc(F)cc3OCCOC)sc2C1. The van der Waals surface area contributed by atoms with Crippen LogP contribution >= 0.6 is 22.7 Å². The highest BCUT2D eigenvalue weighted by Gasteiger charge is 2.30. The zero-order valence-corrected chi connectivity index (χ0v) is 26.1. The van der Waals surface area contributed by atoms with Gasteiger partial charge in [-0.25, -0.2) is 18.7 Å². The van der Waals surface area contributed by atoms with Gasteiger partial charge in [0.2, 0.25) is 5.91 Å². The molecule has 0 unspecified atom stereocenters. The molecule has 3 aromatic heterocycles. The number of thiophene rings is 1.